The topological polar surface area (TPSA) is 59.6 Å². The summed E-state index contributed by atoms with van der Waals surface area (Å²) in [6, 6.07) is 0.794. The van der Waals surface area contributed by atoms with Crippen molar-refractivity contribution in [3.05, 3.63) is 0 Å². The van der Waals surface area contributed by atoms with Gasteiger partial charge in [0.2, 0.25) is 0 Å². The van der Waals surface area contributed by atoms with E-state index in [1.165, 1.54) is 25.7 Å². The predicted molar refractivity (Wildman–Crippen MR) is 74.6 cm³/mol. The summed E-state index contributed by atoms with van der Waals surface area (Å²) in [5, 5.41) is 3.35. The molecule has 3 N–H and O–H groups in total. The summed E-state index contributed by atoms with van der Waals surface area (Å²) in [7, 11) is 1.78. The van der Waals surface area contributed by atoms with Gasteiger partial charge in [-0.3, -0.25) is 0 Å². The second-order valence-electron chi connectivity index (χ2n) is 6.52. The molecule has 18 heavy (non-hydrogen) atoms. The fraction of sp³-hybridized carbons (Fsp3) is 0.929. The van der Waals surface area contributed by atoms with Gasteiger partial charge >= 0.3 is 0 Å². The minimum atomic E-state index is -0.0746. The third-order valence-corrected chi connectivity index (χ3v) is 5.23. The summed E-state index contributed by atoms with van der Waals surface area (Å²) in [6.07, 6.45) is 6.01. The second-order valence-corrected chi connectivity index (χ2v) is 6.52. The highest BCUT2D eigenvalue weighted by Crippen LogP contribution is 2.53. The van der Waals surface area contributed by atoms with Gasteiger partial charge in [0.05, 0.1) is 11.6 Å². The van der Waals surface area contributed by atoms with Crippen molar-refractivity contribution in [1.29, 1.82) is 0 Å². The van der Waals surface area contributed by atoms with E-state index in [2.05, 4.69) is 31.1 Å². The van der Waals surface area contributed by atoms with Gasteiger partial charge in [0.25, 0.3) is 0 Å². The van der Waals surface area contributed by atoms with E-state index in [0.717, 1.165) is 6.42 Å². The molecule has 2 aliphatic rings. The number of hydrogen-bond acceptors (Lipinski definition) is 2. The molecule has 0 radical (unpaired) electrons. The van der Waals surface area contributed by atoms with Crippen molar-refractivity contribution in [2.75, 3.05) is 7.11 Å². The zero-order valence-corrected chi connectivity index (χ0v) is 12.1. The number of nitrogens with two attached hydrogens (primary N) is 1. The Morgan fingerprint density at radius 3 is 2.39 bits per heavy atom. The summed E-state index contributed by atoms with van der Waals surface area (Å²) in [6.45, 7) is 6.56. The van der Waals surface area contributed by atoms with Crippen molar-refractivity contribution in [2.24, 2.45) is 16.1 Å². The monoisotopic (exact) mass is 253 g/mol. The SMILES string of the molecule is COC1(C)CC(N=C(N)NC2CCCC2)C1(C)C. The minimum absolute atomic E-state index is 0.0454. The van der Waals surface area contributed by atoms with Gasteiger partial charge in [-0.15, -0.1) is 0 Å². The lowest BCUT2D eigenvalue weighted by molar-refractivity contribution is -0.171. The van der Waals surface area contributed by atoms with Crippen molar-refractivity contribution < 1.29 is 4.74 Å². The van der Waals surface area contributed by atoms with Crippen LogP contribution < -0.4 is 11.1 Å². The van der Waals surface area contributed by atoms with E-state index in [1.807, 2.05) is 0 Å². The lowest BCUT2D eigenvalue weighted by atomic mass is 9.56. The van der Waals surface area contributed by atoms with E-state index in [4.69, 9.17) is 10.5 Å². The van der Waals surface area contributed by atoms with Gasteiger partial charge in [-0.05, 0) is 26.2 Å². The molecule has 2 atom stereocenters. The third-order valence-electron chi connectivity index (χ3n) is 5.23. The number of rotatable bonds is 3. The molecule has 104 valence electrons. The molecule has 2 saturated carbocycles. The summed E-state index contributed by atoms with van der Waals surface area (Å²) >= 11 is 0. The molecule has 2 aliphatic carbocycles. The quantitative estimate of drug-likeness (QED) is 0.597. The maximum atomic E-state index is 6.01. The Balaban J connectivity index is 1.93. The van der Waals surface area contributed by atoms with Crippen molar-refractivity contribution >= 4 is 5.96 Å². The van der Waals surface area contributed by atoms with Gasteiger partial charge in [-0.1, -0.05) is 26.7 Å². The van der Waals surface area contributed by atoms with Gasteiger partial charge in [0, 0.05) is 18.6 Å². The Morgan fingerprint density at radius 2 is 1.89 bits per heavy atom. The Morgan fingerprint density at radius 1 is 1.28 bits per heavy atom. The third kappa shape index (κ3) is 2.22. The molecule has 0 spiro atoms. The Kier molecular flexibility index (Phi) is 3.58. The fourth-order valence-electron chi connectivity index (χ4n) is 3.15. The van der Waals surface area contributed by atoms with Crippen molar-refractivity contribution in [2.45, 2.75) is 70.6 Å². The Hall–Kier alpha value is -0.770. The van der Waals surface area contributed by atoms with Crippen LogP contribution in [0.2, 0.25) is 0 Å². The van der Waals surface area contributed by atoms with Crippen LogP contribution in [0.4, 0.5) is 0 Å². The average Bonchev–Trinajstić information content (AvgIpc) is 2.80. The summed E-state index contributed by atoms with van der Waals surface area (Å²) in [5.74, 6) is 0.609. The molecular formula is C14H27N3O. The zero-order chi connectivity index (χ0) is 13.4. The smallest absolute Gasteiger partial charge is 0.189 e. The van der Waals surface area contributed by atoms with E-state index in [0.29, 0.717) is 12.0 Å². The summed E-state index contributed by atoms with van der Waals surface area (Å²) in [5.41, 5.74) is 5.98. The largest absolute Gasteiger partial charge is 0.378 e. The van der Waals surface area contributed by atoms with Crippen LogP contribution in [0, 0.1) is 5.41 Å². The lowest BCUT2D eigenvalue weighted by Gasteiger charge is -2.57. The van der Waals surface area contributed by atoms with Crippen LogP contribution in [-0.2, 0) is 4.74 Å². The van der Waals surface area contributed by atoms with Crippen LogP contribution in [-0.4, -0.2) is 30.8 Å². The number of nitrogens with zero attached hydrogens (tertiary/aromatic N) is 1. The summed E-state index contributed by atoms with van der Waals surface area (Å²) in [4.78, 5) is 4.65. The van der Waals surface area contributed by atoms with Gasteiger partial charge in [0.1, 0.15) is 0 Å². The fourth-order valence-corrected chi connectivity index (χ4v) is 3.15. The first-order chi connectivity index (χ1) is 8.39. The van der Waals surface area contributed by atoms with Crippen LogP contribution in [0.1, 0.15) is 52.9 Å². The maximum absolute atomic E-state index is 6.01. The van der Waals surface area contributed by atoms with Gasteiger partial charge in [0.15, 0.2) is 5.96 Å². The molecule has 4 heteroatoms. The van der Waals surface area contributed by atoms with E-state index in [-0.39, 0.29) is 17.1 Å². The number of aliphatic imine (C=N–C) groups is 1. The molecule has 0 amide bonds. The normalized spacial score (nSPS) is 36.4. The van der Waals surface area contributed by atoms with Crippen LogP contribution in [0.25, 0.3) is 0 Å². The number of guanidine groups is 1. The molecule has 0 aliphatic heterocycles. The van der Waals surface area contributed by atoms with Crippen molar-refractivity contribution in [3.63, 3.8) is 0 Å². The van der Waals surface area contributed by atoms with Gasteiger partial charge in [-0.2, -0.15) is 0 Å². The number of ether oxygens (including phenoxy) is 1. The number of nitrogens with one attached hydrogen (secondary N) is 1. The van der Waals surface area contributed by atoms with Gasteiger partial charge in [-0.25, -0.2) is 4.99 Å². The molecule has 0 bridgehead atoms. The molecule has 2 fully saturated rings. The number of hydrogen-bond donors (Lipinski definition) is 2. The number of methoxy groups -OCH3 is 1. The molecular weight excluding hydrogens is 226 g/mol. The highest BCUT2D eigenvalue weighted by molar-refractivity contribution is 5.78. The van der Waals surface area contributed by atoms with Crippen LogP contribution in [0.3, 0.4) is 0 Å². The highest BCUT2D eigenvalue weighted by atomic mass is 16.5. The molecule has 0 heterocycles. The first-order valence-electron chi connectivity index (χ1n) is 7.04. The standard InChI is InChI=1S/C14H27N3O/c1-13(2)11(9-14(13,3)18-4)17-12(15)16-10-7-5-6-8-10/h10-11H,5-9H2,1-4H3,(H3,15,16,17). The lowest BCUT2D eigenvalue weighted by Crippen LogP contribution is -2.63. The van der Waals surface area contributed by atoms with E-state index >= 15 is 0 Å². The van der Waals surface area contributed by atoms with E-state index in [9.17, 15) is 0 Å². The molecule has 0 aromatic heterocycles. The summed E-state index contributed by atoms with van der Waals surface area (Å²) < 4.78 is 5.60. The molecule has 0 aromatic carbocycles. The average molecular weight is 253 g/mol. The van der Waals surface area contributed by atoms with Gasteiger partial charge < -0.3 is 15.8 Å². The maximum Gasteiger partial charge on any atom is 0.189 e. The highest BCUT2D eigenvalue weighted by Gasteiger charge is 2.58. The molecule has 0 saturated heterocycles. The molecule has 2 rings (SSSR count). The Bertz CT molecular complexity index is 334. The van der Waals surface area contributed by atoms with Crippen LogP contribution >= 0.6 is 0 Å². The molecule has 0 aromatic rings. The molecule has 4 nitrogen and oxygen atoms in total. The minimum Gasteiger partial charge on any atom is -0.378 e. The first kappa shape index (κ1) is 13.7. The second kappa shape index (κ2) is 4.72. The van der Waals surface area contributed by atoms with Crippen molar-refractivity contribution in [1.82, 2.24) is 5.32 Å². The first-order valence-corrected chi connectivity index (χ1v) is 7.04. The molecule has 2 unspecified atom stereocenters. The zero-order valence-electron chi connectivity index (χ0n) is 12.1. The van der Waals surface area contributed by atoms with E-state index < -0.39 is 0 Å². The van der Waals surface area contributed by atoms with Crippen LogP contribution in [0.15, 0.2) is 4.99 Å². The Labute approximate surface area is 110 Å². The van der Waals surface area contributed by atoms with E-state index in [1.54, 1.807) is 7.11 Å². The van der Waals surface area contributed by atoms with Crippen LogP contribution in [0.5, 0.6) is 0 Å². The van der Waals surface area contributed by atoms with Crippen molar-refractivity contribution in [3.8, 4) is 0 Å². The predicted octanol–water partition coefficient (Wildman–Crippen LogP) is 2.04.